The Morgan fingerprint density at radius 2 is 1.88 bits per heavy atom. The van der Waals surface area contributed by atoms with Crippen molar-refractivity contribution in [2.75, 3.05) is 18.5 Å². The van der Waals surface area contributed by atoms with Gasteiger partial charge in [-0.1, -0.05) is 6.07 Å². The third-order valence-corrected chi connectivity index (χ3v) is 4.39. The first-order valence-electron chi connectivity index (χ1n) is 8.00. The van der Waals surface area contributed by atoms with Crippen molar-refractivity contribution in [3.05, 3.63) is 52.2 Å². The lowest BCUT2D eigenvalue weighted by Gasteiger charge is -2.07. The molecule has 0 bridgehead atoms. The van der Waals surface area contributed by atoms with Gasteiger partial charge in [-0.25, -0.2) is 0 Å². The molecule has 0 fully saturated rings. The third-order valence-electron chi connectivity index (χ3n) is 3.46. The highest BCUT2D eigenvalue weighted by molar-refractivity contribution is 7.09. The molecule has 0 aliphatic carbocycles. The molecular weight excluding hydrogens is 324 g/mol. The standard InChI is InChI=1S/C18H22N2O3S/c21-12-3-11-19-18(23)14-7-9-15(10-8-14)20-17(22)6-1-4-16-5-2-13-24-16/h2,5,7-10,13,21H,1,3-4,6,11-12H2,(H,19,23)(H,20,22). The van der Waals surface area contributed by atoms with Crippen LogP contribution in [0.15, 0.2) is 41.8 Å². The first-order valence-corrected chi connectivity index (χ1v) is 8.88. The molecule has 0 spiro atoms. The second-order valence-electron chi connectivity index (χ2n) is 5.39. The molecule has 5 nitrogen and oxygen atoms in total. The molecule has 2 amide bonds. The lowest BCUT2D eigenvalue weighted by Crippen LogP contribution is -2.24. The van der Waals surface area contributed by atoms with E-state index in [4.69, 9.17) is 5.11 Å². The number of carbonyl (C=O) groups is 2. The SMILES string of the molecule is O=C(CCCc1cccs1)Nc1ccc(C(=O)NCCCO)cc1. The van der Waals surface area contributed by atoms with Crippen LogP contribution in [0.2, 0.25) is 0 Å². The van der Waals surface area contributed by atoms with Crippen LogP contribution < -0.4 is 10.6 Å². The van der Waals surface area contributed by atoms with E-state index in [0.29, 0.717) is 30.6 Å². The molecule has 2 rings (SSSR count). The number of aryl methyl sites for hydroxylation is 1. The summed E-state index contributed by atoms with van der Waals surface area (Å²) in [6, 6.07) is 10.9. The molecule has 128 valence electrons. The zero-order valence-corrected chi connectivity index (χ0v) is 14.3. The third kappa shape index (κ3) is 6.14. The van der Waals surface area contributed by atoms with Gasteiger partial charge in [-0.15, -0.1) is 11.3 Å². The van der Waals surface area contributed by atoms with Gasteiger partial charge < -0.3 is 15.7 Å². The predicted octanol–water partition coefficient (Wildman–Crippen LogP) is 2.82. The van der Waals surface area contributed by atoms with Gasteiger partial charge >= 0.3 is 0 Å². The predicted molar refractivity (Wildman–Crippen MR) is 96.4 cm³/mol. The van der Waals surface area contributed by atoms with E-state index in [-0.39, 0.29) is 18.4 Å². The topological polar surface area (TPSA) is 78.4 Å². The van der Waals surface area contributed by atoms with Gasteiger partial charge in [-0.05, 0) is 55.0 Å². The van der Waals surface area contributed by atoms with Crippen LogP contribution in [0.3, 0.4) is 0 Å². The van der Waals surface area contributed by atoms with Gasteiger partial charge in [-0.3, -0.25) is 9.59 Å². The van der Waals surface area contributed by atoms with Crippen molar-refractivity contribution in [1.82, 2.24) is 5.32 Å². The van der Waals surface area contributed by atoms with Gasteiger partial charge in [0, 0.05) is 35.7 Å². The molecule has 0 saturated heterocycles. The van der Waals surface area contributed by atoms with E-state index in [1.54, 1.807) is 35.6 Å². The van der Waals surface area contributed by atoms with Crippen LogP contribution in [-0.4, -0.2) is 30.1 Å². The summed E-state index contributed by atoms with van der Waals surface area (Å²) in [5.41, 5.74) is 1.21. The minimum absolute atomic E-state index is 0.0216. The van der Waals surface area contributed by atoms with Crippen LogP contribution in [0, 0.1) is 0 Å². The summed E-state index contributed by atoms with van der Waals surface area (Å²) in [7, 11) is 0. The average Bonchev–Trinajstić information content (AvgIpc) is 3.09. The number of aliphatic hydroxyl groups excluding tert-OH is 1. The summed E-state index contributed by atoms with van der Waals surface area (Å²) in [4.78, 5) is 25.0. The van der Waals surface area contributed by atoms with Crippen LogP contribution in [0.25, 0.3) is 0 Å². The zero-order valence-electron chi connectivity index (χ0n) is 13.5. The molecule has 1 aromatic heterocycles. The van der Waals surface area contributed by atoms with Crippen molar-refractivity contribution in [3.63, 3.8) is 0 Å². The van der Waals surface area contributed by atoms with Gasteiger partial charge in [-0.2, -0.15) is 0 Å². The number of carbonyl (C=O) groups excluding carboxylic acids is 2. The van der Waals surface area contributed by atoms with Crippen molar-refractivity contribution in [3.8, 4) is 0 Å². The van der Waals surface area contributed by atoms with Crippen molar-refractivity contribution < 1.29 is 14.7 Å². The highest BCUT2D eigenvalue weighted by Crippen LogP contribution is 2.13. The van der Waals surface area contributed by atoms with Crippen LogP contribution in [0.5, 0.6) is 0 Å². The van der Waals surface area contributed by atoms with Crippen molar-refractivity contribution in [1.29, 1.82) is 0 Å². The molecule has 0 atom stereocenters. The monoisotopic (exact) mass is 346 g/mol. The molecule has 0 aliphatic heterocycles. The van der Waals surface area contributed by atoms with E-state index in [0.717, 1.165) is 12.8 Å². The molecule has 1 heterocycles. The average molecular weight is 346 g/mol. The maximum atomic E-state index is 11.9. The zero-order chi connectivity index (χ0) is 17.2. The molecule has 0 unspecified atom stereocenters. The minimum atomic E-state index is -0.183. The molecule has 24 heavy (non-hydrogen) atoms. The number of aliphatic hydroxyl groups is 1. The van der Waals surface area contributed by atoms with E-state index in [1.807, 2.05) is 11.4 Å². The van der Waals surface area contributed by atoms with Gasteiger partial charge in [0.05, 0.1) is 0 Å². The number of nitrogens with one attached hydrogen (secondary N) is 2. The summed E-state index contributed by atoms with van der Waals surface area (Å²) >= 11 is 1.71. The van der Waals surface area contributed by atoms with Crippen molar-refractivity contribution in [2.24, 2.45) is 0 Å². The van der Waals surface area contributed by atoms with Crippen LogP contribution in [0.4, 0.5) is 5.69 Å². The summed E-state index contributed by atoms with van der Waals surface area (Å²) in [6.45, 7) is 0.496. The van der Waals surface area contributed by atoms with Gasteiger partial charge in [0.1, 0.15) is 0 Å². The molecular formula is C18H22N2O3S. The Kier molecular flexibility index (Phi) is 7.45. The van der Waals surface area contributed by atoms with E-state index < -0.39 is 0 Å². The van der Waals surface area contributed by atoms with E-state index in [1.165, 1.54) is 4.88 Å². The maximum absolute atomic E-state index is 11.9. The fourth-order valence-corrected chi connectivity index (χ4v) is 2.94. The number of amides is 2. The first kappa shape index (κ1) is 18.2. The highest BCUT2D eigenvalue weighted by atomic mass is 32.1. The lowest BCUT2D eigenvalue weighted by molar-refractivity contribution is -0.116. The fourth-order valence-electron chi connectivity index (χ4n) is 2.19. The number of hydrogen-bond acceptors (Lipinski definition) is 4. The Hall–Kier alpha value is -2.18. The summed E-state index contributed by atoms with van der Waals surface area (Å²) < 4.78 is 0. The Labute approximate surface area is 145 Å². The molecule has 2 aromatic rings. The summed E-state index contributed by atoms with van der Waals surface area (Å²) in [5.74, 6) is -0.205. The highest BCUT2D eigenvalue weighted by Gasteiger charge is 2.06. The fraction of sp³-hybridized carbons (Fsp3) is 0.333. The quantitative estimate of drug-likeness (QED) is 0.611. The second-order valence-corrected chi connectivity index (χ2v) is 6.42. The number of hydrogen-bond donors (Lipinski definition) is 3. The number of rotatable bonds is 9. The Morgan fingerprint density at radius 1 is 1.08 bits per heavy atom. The van der Waals surface area contributed by atoms with Crippen LogP contribution in [-0.2, 0) is 11.2 Å². The van der Waals surface area contributed by atoms with Gasteiger partial charge in [0.25, 0.3) is 5.91 Å². The number of benzene rings is 1. The minimum Gasteiger partial charge on any atom is -0.396 e. The Morgan fingerprint density at radius 3 is 2.54 bits per heavy atom. The van der Waals surface area contributed by atoms with E-state index in [9.17, 15) is 9.59 Å². The number of anilines is 1. The first-order chi connectivity index (χ1) is 11.7. The normalized spacial score (nSPS) is 10.4. The summed E-state index contributed by atoms with van der Waals surface area (Å²) in [5, 5.41) is 16.3. The lowest BCUT2D eigenvalue weighted by atomic mass is 10.1. The van der Waals surface area contributed by atoms with Crippen molar-refractivity contribution in [2.45, 2.75) is 25.7 Å². The van der Waals surface area contributed by atoms with E-state index >= 15 is 0 Å². The number of thiophene rings is 1. The maximum Gasteiger partial charge on any atom is 0.251 e. The summed E-state index contributed by atoms with van der Waals surface area (Å²) in [6.07, 6.45) is 2.74. The van der Waals surface area contributed by atoms with Crippen molar-refractivity contribution >= 4 is 28.8 Å². The molecule has 0 aliphatic rings. The van der Waals surface area contributed by atoms with Gasteiger partial charge in [0.2, 0.25) is 5.91 Å². The van der Waals surface area contributed by atoms with Crippen LogP contribution >= 0.6 is 11.3 Å². The largest absolute Gasteiger partial charge is 0.396 e. The van der Waals surface area contributed by atoms with E-state index in [2.05, 4.69) is 16.7 Å². The van der Waals surface area contributed by atoms with Crippen LogP contribution in [0.1, 0.15) is 34.5 Å². The molecule has 1 aromatic carbocycles. The Balaban J connectivity index is 1.74. The molecule has 3 N–H and O–H groups in total. The molecule has 0 saturated carbocycles. The molecule has 0 radical (unpaired) electrons. The smallest absolute Gasteiger partial charge is 0.251 e. The molecule has 6 heteroatoms. The Bertz CT molecular complexity index is 639. The second kappa shape index (κ2) is 9.85. The van der Waals surface area contributed by atoms with Gasteiger partial charge in [0.15, 0.2) is 0 Å².